The van der Waals surface area contributed by atoms with E-state index in [0.29, 0.717) is 5.84 Å². The number of hydrogen-bond acceptors (Lipinski definition) is 4. The fourth-order valence-electron chi connectivity index (χ4n) is 7.62. The van der Waals surface area contributed by atoms with Gasteiger partial charge in [-0.15, -0.1) is 0 Å². The summed E-state index contributed by atoms with van der Waals surface area (Å²) in [5, 5.41) is 4.78. The maximum atomic E-state index is 5.37. The molecule has 4 heterocycles. The van der Waals surface area contributed by atoms with Crippen LogP contribution in [-0.4, -0.2) is 37.7 Å². The zero-order chi connectivity index (χ0) is 33.9. The smallest absolute Gasteiger partial charge is 0.159 e. The van der Waals surface area contributed by atoms with Crippen LogP contribution in [0.5, 0.6) is 0 Å². The Hall–Kier alpha value is -6.79. The first-order valence-corrected chi connectivity index (χ1v) is 17.2. The van der Waals surface area contributed by atoms with Crippen LogP contribution in [-0.2, 0) is 0 Å². The number of hydrogen-bond donors (Lipinski definition) is 0. The van der Waals surface area contributed by atoms with E-state index in [0.717, 1.165) is 45.2 Å². The highest BCUT2D eigenvalue weighted by molar-refractivity contribution is 6.19. The van der Waals surface area contributed by atoms with Gasteiger partial charge in [-0.25, -0.2) is 15.0 Å². The van der Waals surface area contributed by atoms with E-state index in [2.05, 4.69) is 161 Å². The minimum absolute atomic E-state index is 0.247. The molecule has 1 aliphatic rings. The molecule has 0 saturated carbocycles. The topological polar surface area (TPSA) is 50.7 Å². The third-order valence-electron chi connectivity index (χ3n) is 9.96. The number of fused-ring (bicyclic) bond motifs is 6. The van der Waals surface area contributed by atoms with Crippen molar-refractivity contribution in [3.8, 4) is 11.5 Å². The second-order valence-electron chi connectivity index (χ2n) is 13.0. The van der Waals surface area contributed by atoms with Crippen molar-refractivity contribution < 1.29 is 0 Å². The van der Waals surface area contributed by atoms with Gasteiger partial charge in [0.25, 0.3) is 0 Å². The molecule has 10 rings (SSSR count). The van der Waals surface area contributed by atoms with Gasteiger partial charge in [0.15, 0.2) is 17.8 Å². The van der Waals surface area contributed by atoms with Gasteiger partial charge in [-0.1, -0.05) is 121 Å². The molecule has 0 fully saturated rings. The number of pyridine rings is 1. The first kappa shape index (κ1) is 29.2. The SMILES string of the molecule is CN1C(c2cccc(-n3c4ccccc4c4cc5c(cc43)c3ccccc3n5-c3ccccc3)n2)=NC(c2ccccc2)=NC1c1ccccc1. The van der Waals surface area contributed by atoms with E-state index in [4.69, 9.17) is 15.0 Å². The molecule has 1 aliphatic heterocycles. The molecule has 1 unspecified atom stereocenters. The summed E-state index contributed by atoms with van der Waals surface area (Å²) in [4.78, 5) is 17.8. The number of nitrogens with zero attached hydrogens (tertiary/aromatic N) is 6. The first-order valence-electron chi connectivity index (χ1n) is 17.2. The summed E-state index contributed by atoms with van der Waals surface area (Å²) in [6.07, 6.45) is -0.247. The summed E-state index contributed by atoms with van der Waals surface area (Å²) in [7, 11) is 2.05. The van der Waals surface area contributed by atoms with Crippen molar-refractivity contribution in [3.05, 3.63) is 187 Å². The minimum Gasteiger partial charge on any atom is -0.332 e. The Morgan fingerprint density at radius 2 is 1.06 bits per heavy atom. The second-order valence-corrected chi connectivity index (χ2v) is 13.0. The van der Waals surface area contributed by atoms with Gasteiger partial charge in [-0.3, -0.25) is 4.57 Å². The Morgan fingerprint density at radius 3 is 1.75 bits per heavy atom. The molecule has 0 N–H and O–H groups in total. The highest BCUT2D eigenvalue weighted by Crippen LogP contribution is 2.39. The third-order valence-corrected chi connectivity index (χ3v) is 9.96. The fraction of sp³-hybridized carbons (Fsp3) is 0.0444. The van der Waals surface area contributed by atoms with Crippen LogP contribution in [0.2, 0.25) is 0 Å². The number of aliphatic imine (C=N–C) groups is 2. The van der Waals surface area contributed by atoms with Gasteiger partial charge in [0.1, 0.15) is 11.5 Å². The summed E-state index contributed by atoms with van der Waals surface area (Å²) in [6.45, 7) is 0. The zero-order valence-electron chi connectivity index (χ0n) is 27.9. The summed E-state index contributed by atoms with van der Waals surface area (Å²) in [5.74, 6) is 2.30. The summed E-state index contributed by atoms with van der Waals surface area (Å²) < 4.78 is 4.67. The molecule has 3 aromatic heterocycles. The van der Waals surface area contributed by atoms with E-state index in [-0.39, 0.29) is 6.17 Å². The van der Waals surface area contributed by atoms with E-state index in [1.165, 1.54) is 32.6 Å². The van der Waals surface area contributed by atoms with E-state index in [1.807, 2.05) is 30.3 Å². The van der Waals surface area contributed by atoms with E-state index < -0.39 is 0 Å². The highest BCUT2D eigenvalue weighted by Gasteiger charge is 2.28. The average Bonchev–Trinajstić information content (AvgIpc) is 3.70. The maximum absolute atomic E-state index is 5.37. The molecular weight excluding hydrogens is 625 g/mol. The van der Waals surface area contributed by atoms with Crippen molar-refractivity contribution in [1.82, 2.24) is 19.0 Å². The summed E-state index contributed by atoms with van der Waals surface area (Å²) in [5.41, 5.74) is 8.57. The van der Waals surface area contributed by atoms with Gasteiger partial charge >= 0.3 is 0 Å². The Labute approximate surface area is 294 Å². The van der Waals surface area contributed by atoms with Crippen LogP contribution in [0.3, 0.4) is 0 Å². The number of benzene rings is 6. The number of aromatic nitrogens is 3. The van der Waals surface area contributed by atoms with Crippen LogP contribution < -0.4 is 0 Å². The fourth-order valence-corrected chi connectivity index (χ4v) is 7.62. The monoisotopic (exact) mass is 656 g/mol. The van der Waals surface area contributed by atoms with Gasteiger partial charge in [0.2, 0.25) is 0 Å². The lowest BCUT2D eigenvalue weighted by molar-refractivity contribution is 0.382. The Kier molecular flexibility index (Phi) is 6.67. The van der Waals surface area contributed by atoms with Crippen molar-refractivity contribution in [2.24, 2.45) is 9.98 Å². The van der Waals surface area contributed by atoms with Gasteiger partial charge in [-0.05, 0) is 54.1 Å². The molecule has 242 valence electrons. The molecular formula is C45H32N6. The molecule has 0 radical (unpaired) electrons. The third kappa shape index (κ3) is 4.68. The van der Waals surface area contributed by atoms with Crippen LogP contribution in [0.15, 0.2) is 180 Å². The van der Waals surface area contributed by atoms with Gasteiger partial charge in [-0.2, -0.15) is 0 Å². The van der Waals surface area contributed by atoms with Crippen LogP contribution >= 0.6 is 0 Å². The molecule has 0 spiro atoms. The van der Waals surface area contributed by atoms with Crippen molar-refractivity contribution in [2.45, 2.75) is 6.17 Å². The summed E-state index contributed by atoms with van der Waals surface area (Å²) >= 11 is 0. The lowest BCUT2D eigenvalue weighted by Crippen LogP contribution is -2.36. The number of para-hydroxylation sites is 3. The quantitative estimate of drug-likeness (QED) is 0.185. The molecule has 6 nitrogen and oxygen atoms in total. The molecule has 0 bridgehead atoms. The zero-order valence-corrected chi connectivity index (χ0v) is 27.9. The Balaban J connectivity index is 1.19. The molecule has 6 heteroatoms. The van der Waals surface area contributed by atoms with E-state index >= 15 is 0 Å². The summed E-state index contributed by atoms with van der Waals surface area (Å²) in [6, 6.07) is 59.4. The Bertz CT molecular complexity index is 2810. The Morgan fingerprint density at radius 1 is 0.490 bits per heavy atom. The molecule has 0 aliphatic carbocycles. The maximum Gasteiger partial charge on any atom is 0.159 e. The van der Waals surface area contributed by atoms with Crippen molar-refractivity contribution >= 4 is 55.3 Å². The predicted octanol–water partition coefficient (Wildman–Crippen LogP) is 10.1. The van der Waals surface area contributed by atoms with Crippen LogP contribution in [0, 0.1) is 0 Å². The van der Waals surface area contributed by atoms with E-state index in [1.54, 1.807) is 0 Å². The van der Waals surface area contributed by atoms with Crippen molar-refractivity contribution in [3.63, 3.8) is 0 Å². The van der Waals surface area contributed by atoms with Crippen molar-refractivity contribution in [2.75, 3.05) is 7.05 Å². The van der Waals surface area contributed by atoms with Crippen LogP contribution in [0.4, 0.5) is 0 Å². The van der Waals surface area contributed by atoms with Gasteiger partial charge < -0.3 is 9.47 Å². The lowest BCUT2D eigenvalue weighted by atomic mass is 10.1. The van der Waals surface area contributed by atoms with E-state index in [9.17, 15) is 0 Å². The van der Waals surface area contributed by atoms with Crippen LogP contribution in [0.25, 0.3) is 55.1 Å². The predicted molar refractivity (Wildman–Crippen MR) is 209 cm³/mol. The van der Waals surface area contributed by atoms with Crippen molar-refractivity contribution in [1.29, 1.82) is 0 Å². The molecule has 51 heavy (non-hydrogen) atoms. The second kappa shape index (κ2) is 11.7. The minimum atomic E-state index is -0.247. The normalized spacial score (nSPS) is 14.8. The first-order chi connectivity index (χ1) is 25.2. The number of amidine groups is 2. The number of rotatable bonds is 5. The molecule has 0 amide bonds. The van der Waals surface area contributed by atoms with Gasteiger partial charge in [0.05, 0.1) is 22.1 Å². The molecule has 0 saturated heterocycles. The largest absolute Gasteiger partial charge is 0.332 e. The van der Waals surface area contributed by atoms with Crippen LogP contribution in [0.1, 0.15) is 23.0 Å². The molecule has 1 atom stereocenters. The average molecular weight is 657 g/mol. The molecule has 6 aromatic carbocycles. The highest BCUT2D eigenvalue weighted by atomic mass is 15.3. The van der Waals surface area contributed by atoms with Gasteiger partial charge in [0, 0.05) is 39.8 Å². The standard InChI is InChI=1S/C45H32N6/c1-49-44(31-18-7-3-8-19-31)47-43(30-16-5-2-6-17-30)48-45(49)37-24-15-27-42(46-37)51-39-26-14-12-23-34(39)36-28-40-35(29-41(36)51)33-22-11-13-25-38(33)50(40)32-20-9-4-10-21-32/h2-29,44H,1H3. The molecule has 9 aromatic rings. The lowest BCUT2D eigenvalue weighted by Gasteiger charge is -2.32.